The highest BCUT2D eigenvalue weighted by atomic mass is 16.2. The van der Waals surface area contributed by atoms with Gasteiger partial charge in [-0.1, -0.05) is 73.6 Å². The van der Waals surface area contributed by atoms with E-state index in [-0.39, 0.29) is 0 Å². The number of hydrogen-bond donors (Lipinski definition) is 1. The summed E-state index contributed by atoms with van der Waals surface area (Å²) in [7, 11) is 0. The maximum Gasteiger partial charge on any atom is 0.320 e. The highest BCUT2D eigenvalue weighted by Crippen LogP contribution is 2.33. The van der Waals surface area contributed by atoms with Crippen LogP contribution in [0.25, 0.3) is 44.2 Å². The third-order valence-electron chi connectivity index (χ3n) is 6.24. The van der Waals surface area contributed by atoms with Crippen molar-refractivity contribution in [2.45, 2.75) is 19.7 Å². The number of fused-ring (bicyclic) bond motifs is 4. The molecule has 1 aliphatic rings. The van der Waals surface area contributed by atoms with Gasteiger partial charge in [-0.25, -0.2) is 9.97 Å². The molecule has 0 spiro atoms. The second-order valence-electron chi connectivity index (χ2n) is 8.33. The summed E-state index contributed by atoms with van der Waals surface area (Å²) < 4.78 is 2.14. The summed E-state index contributed by atoms with van der Waals surface area (Å²) in [6, 6.07) is 22.7. The Morgan fingerprint density at radius 2 is 1.62 bits per heavy atom. The minimum atomic E-state index is -0.518. The van der Waals surface area contributed by atoms with E-state index in [0.717, 1.165) is 62.3 Å². The monoisotopic (exact) mass is 415 g/mol. The zero-order valence-electron chi connectivity index (χ0n) is 17.9. The van der Waals surface area contributed by atoms with E-state index in [1.54, 1.807) is 6.82 Å². The van der Waals surface area contributed by atoms with Gasteiger partial charge in [-0.05, 0) is 42.1 Å². The van der Waals surface area contributed by atoms with Crippen LogP contribution >= 0.6 is 0 Å². The summed E-state index contributed by atoms with van der Waals surface area (Å²) in [4.78, 5) is 10.1. The van der Waals surface area contributed by atoms with Crippen LogP contribution in [-0.2, 0) is 0 Å². The zero-order chi connectivity index (χ0) is 21.7. The average Bonchev–Trinajstić information content (AvgIpc) is 3.17. The Hall–Kier alpha value is -3.70. The molecule has 0 bridgehead atoms. The Kier molecular flexibility index (Phi) is 4.44. The number of hydrogen-bond acceptors (Lipinski definition) is 3. The van der Waals surface area contributed by atoms with Crippen molar-refractivity contribution >= 4 is 50.7 Å². The van der Waals surface area contributed by atoms with E-state index >= 15 is 0 Å². The van der Waals surface area contributed by atoms with Crippen molar-refractivity contribution in [3.63, 3.8) is 0 Å². The van der Waals surface area contributed by atoms with Crippen molar-refractivity contribution in [2.24, 2.45) is 0 Å². The van der Waals surface area contributed by atoms with Crippen molar-refractivity contribution < 1.29 is 5.02 Å². The lowest BCUT2D eigenvalue weighted by Gasteiger charge is -2.13. The largest absolute Gasteiger partial charge is 0.447 e. The van der Waals surface area contributed by atoms with Gasteiger partial charge in [0.05, 0.1) is 22.2 Å². The topological polar surface area (TPSA) is 50.9 Å². The molecule has 5 aromatic rings. The van der Waals surface area contributed by atoms with Gasteiger partial charge in [0.15, 0.2) is 0 Å². The van der Waals surface area contributed by atoms with Gasteiger partial charge in [0, 0.05) is 16.2 Å². The third-order valence-corrected chi connectivity index (χ3v) is 6.24. The molecule has 2 aromatic heterocycles. The maximum absolute atomic E-state index is 10.1. The second kappa shape index (κ2) is 7.47. The lowest BCUT2D eigenvalue weighted by Crippen LogP contribution is -2.25. The molecule has 5 heteroatoms. The van der Waals surface area contributed by atoms with Gasteiger partial charge in [0.25, 0.3) is 0 Å². The first kappa shape index (κ1) is 19.0. The van der Waals surface area contributed by atoms with Gasteiger partial charge in [-0.15, -0.1) is 0 Å². The molecule has 4 nitrogen and oxygen atoms in total. The molecular weight excluding hydrogens is 393 g/mol. The predicted octanol–water partition coefficient (Wildman–Crippen LogP) is 5.28. The summed E-state index contributed by atoms with van der Waals surface area (Å²) in [5, 5.41) is 13.4. The van der Waals surface area contributed by atoms with Crippen LogP contribution in [0.1, 0.15) is 18.5 Å². The fourth-order valence-electron chi connectivity index (χ4n) is 4.64. The molecule has 1 aliphatic carbocycles. The second-order valence-corrected chi connectivity index (χ2v) is 8.33. The van der Waals surface area contributed by atoms with Crippen molar-refractivity contribution in [2.75, 3.05) is 0 Å². The summed E-state index contributed by atoms with van der Waals surface area (Å²) >= 11 is 0. The van der Waals surface area contributed by atoms with Gasteiger partial charge in [0.2, 0.25) is 5.95 Å². The molecule has 0 aliphatic heterocycles. The molecular formula is C27H22BN3O. The number of rotatable bonds is 3. The van der Waals surface area contributed by atoms with Crippen LogP contribution in [0.2, 0.25) is 6.82 Å². The molecule has 0 amide bonds. The minimum absolute atomic E-state index is 0.518. The van der Waals surface area contributed by atoms with E-state index in [9.17, 15) is 5.02 Å². The lowest BCUT2D eigenvalue weighted by molar-refractivity contribution is 0.594. The first-order valence-electron chi connectivity index (χ1n) is 11.1. The van der Waals surface area contributed by atoms with Crippen molar-refractivity contribution in [3.8, 4) is 5.95 Å². The Morgan fingerprint density at radius 1 is 0.844 bits per heavy atom. The molecule has 0 atom stereocenters. The molecule has 154 valence electrons. The third kappa shape index (κ3) is 2.97. The number of benzene rings is 3. The predicted molar refractivity (Wildman–Crippen MR) is 134 cm³/mol. The van der Waals surface area contributed by atoms with Crippen molar-refractivity contribution in [1.82, 2.24) is 14.5 Å². The average molecular weight is 415 g/mol. The SMILES string of the molecule is CB(O)c1ccc2c(c1)c1ccccc1n2-c1nc(C2=CCCC=C2)c2ccccc2n1. The molecule has 0 unspecified atom stereocenters. The van der Waals surface area contributed by atoms with E-state index in [0.29, 0.717) is 5.95 Å². The molecule has 2 heterocycles. The molecule has 0 saturated carbocycles. The number of nitrogens with zero attached hydrogens (tertiary/aromatic N) is 3. The molecule has 6 rings (SSSR count). The van der Waals surface area contributed by atoms with E-state index in [4.69, 9.17) is 9.97 Å². The van der Waals surface area contributed by atoms with E-state index in [1.165, 1.54) is 0 Å². The number of aromatic nitrogens is 3. The van der Waals surface area contributed by atoms with Gasteiger partial charge < -0.3 is 5.02 Å². The van der Waals surface area contributed by atoms with E-state index < -0.39 is 6.92 Å². The Morgan fingerprint density at radius 3 is 2.44 bits per heavy atom. The number of allylic oxidation sites excluding steroid dienone is 4. The van der Waals surface area contributed by atoms with Crippen LogP contribution in [0, 0.1) is 0 Å². The van der Waals surface area contributed by atoms with Gasteiger partial charge in [0.1, 0.15) is 0 Å². The zero-order valence-corrected chi connectivity index (χ0v) is 17.9. The highest BCUT2D eigenvalue weighted by molar-refractivity contribution is 6.65. The van der Waals surface area contributed by atoms with Crippen molar-refractivity contribution in [1.29, 1.82) is 0 Å². The molecule has 0 fully saturated rings. The standard InChI is InChI=1S/C27H22BN3O/c1-28(32)19-15-16-25-22(17-19)20-11-6-8-14-24(20)31(25)27-29-23-13-7-5-12-21(23)26(30-27)18-9-3-2-4-10-18/h3,5-17,32H,2,4H2,1H3. The first-order valence-corrected chi connectivity index (χ1v) is 11.1. The van der Waals surface area contributed by atoms with Crippen LogP contribution in [0.5, 0.6) is 0 Å². The lowest BCUT2D eigenvalue weighted by atomic mass is 9.64. The van der Waals surface area contributed by atoms with Gasteiger partial charge in [-0.2, -0.15) is 0 Å². The van der Waals surface area contributed by atoms with Gasteiger partial charge in [-0.3, -0.25) is 4.57 Å². The van der Waals surface area contributed by atoms with Crippen LogP contribution in [0.15, 0.2) is 85.0 Å². The smallest absolute Gasteiger partial charge is 0.320 e. The Bertz CT molecular complexity index is 1560. The molecule has 1 N–H and O–H groups in total. The van der Waals surface area contributed by atoms with E-state index in [2.05, 4.69) is 59.2 Å². The Labute approximate surface area is 186 Å². The van der Waals surface area contributed by atoms with Crippen LogP contribution in [0.4, 0.5) is 0 Å². The van der Waals surface area contributed by atoms with Crippen LogP contribution in [0.3, 0.4) is 0 Å². The minimum Gasteiger partial charge on any atom is -0.447 e. The van der Waals surface area contributed by atoms with Crippen LogP contribution in [-0.4, -0.2) is 26.5 Å². The maximum atomic E-state index is 10.1. The molecule has 3 aromatic carbocycles. The molecule has 0 radical (unpaired) electrons. The normalized spacial score (nSPS) is 13.8. The summed E-state index contributed by atoms with van der Waals surface area (Å²) in [5.41, 5.74) is 6.03. The van der Waals surface area contributed by atoms with Gasteiger partial charge >= 0.3 is 6.92 Å². The fourth-order valence-corrected chi connectivity index (χ4v) is 4.64. The summed E-state index contributed by atoms with van der Waals surface area (Å²) in [6.07, 6.45) is 8.74. The Balaban J connectivity index is 1.70. The molecule has 32 heavy (non-hydrogen) atoms. The van der Waals surface area contributed by atoms with E-state index in [1.807, 2.05) is 30.3 Å². The first-order chi connectivity index (χ1) is 15.7. The highest BCUT2D eigenvalue weighted by Gasteiger charge is 2.18. The van der Waals surface area contributed by atoms with Crippen molar-refractivity contribution in [3.05, 3.63) is 90.7 Å². The summed E-state index contributed by atoms with van der Waals surface area (Å²) in [6.45, 7) is 1.28. The molecule has 0 saturated heterocycles. The fraction of sp³-hybridized carbons (Fsp3) is 0.111. The van der Waals surface area contributed by atoms with Crippen LogP contribution < -0.4 is 5.46 Å². The number of para-hydroxylation sites is 2. The quantitative estimate of drug-likeness (QED) is 0.408. The summed E-state index contributed by atoms with van der Waals surface area (Å²) in [5.74, 6) is 0.662.